The number of likely N-dealkylation sites (tertiary alicyclic amines) is 1. The Morgan fingerprint density at radius 1 is 1.11 bits per heavy atom. The van der Waals surface area contributed by atoms with Crippen molar-refractivity contribution in [3.8, 4) is 22.9 Å². The number of carbonyl (C=O) groups excluding carboxylic acids is 2. The Bertz CT molecular complexity index is 1240. The summed E-state index contributed by atoms with van der Waals surface area (Å²) in [6, 6.07) is 13.6. The SMILES string of the molecule is COc1ccc(CCN2CC(C(=O)Nc3cccc(-c4nnnn4C4CC4)c3)CC2=O)cc1OC. The van der Waals surface area contributed by atoms with Gasteiger partial charge in [-0.25, -0.2) is 4.68 Å². The Kier molecular flexibility index (Phi) is 6.35. The average Bonchev–Trinajstić information content (AvgIpc) is 3.48. The molecule has 182 valence electrons. The van der Waals surface area contributed by atoms with E-state index in [9.17, 15) is 9.59 Å². The molecule has 1 aliphatic heterocycles. The maximum Gasteiger partial charge on any atom is 0.229 e. The molecule has 2 aromatic carbocycles. The summed E-state index contributed by atoms with van der Waals surface area (Å²) in [5.41, 5.74) is 2.54. The standard InChI is InChI=1S/C25H28N6O4/c1-34-21-9-6-16(12-22(21)35-2)10-11-30-15-18(14-23(30)32)25(33)26-19-5-3-4-17(13-19)24-27-28-29-31(24)20-7-8-20/h3-6,9,12-13,18,20H,7-8,10-11,14-15H2,1-2H3,(H,26,33). The number of ether oxygens (including phenoxy) is 2. The van der Waals surface area contributed by atoms with Crippen LogP contribution in [-0.4, -0.2) is 64.2 Å². The van der Waals surface area contributed by atoms with Gasteiger partial charge in [-0.15, -0.1) is 5.10 Å². The number of amides is 2. The molecule has 1 N–H and O–H groups in total. The molecule has 10 heteroatoms. The lowest BCUT2D eigenvalue weighted by molar-refractivity contribution is -0.128. The van der Waals surface area contributed by atoms with Gasteiger partial charge in [0, 0.05) is 30.8 Å². The van der Waals surface area contributed by atoms with E-state index in [4.69, 9.17) is 9.47 Å². The minimum Gasteiger partial charge on any atom is -0.493 e. The van der Waals surface area contributed by atoms with Crippen LogP contribution in [0.2, 0.25) is 0 Å². The van der Waals surface area contributed by atoms with Gasteiger partial charge in [0.2, 0.25) is 11.8 Å². The van der Waals surface area contributed by atoms with E-state index < -0.39 is 5.92 Å². The van der Waals surface area contributed by atoms with Gasteiger partial charge in [0.05, 0.1) is 26.2 Å². The molecule has 1 saturated carbocycles. The van der Waals surface area contributed by atoms with E-state index in [0.29, 0.717) is 48.6 Å². The maximum absolute atomic E-state index is 13.0. The highest BCUT2D eigenvalue weighted by Gasteiger charge is 2.34. The molecule has 1 atom stereocenters. The van der Waals surface area contributed by atoms with Crippen LogP contribution >= 0.6 is 0 Å². The van der Waals surface area contributed by atoms with Gasteiger partial charge in [-0.2, -0.15) is 0 Å². The van der Waals surface area contributed by atoms with Gasteiger partial charge < -0.3 is 19.7 Å². The molecule has 10 nitrogen and oxygen atoms in total. The van der Waals surface area contributed by atoms with Gasteiger partial charge in [-0.3, -0.25) is 9.59 Å². The molecule has 5 rings (SSSR count). The second-order valence-electron chi connectivity index (χ2n) is 8.93. The average molecular weight is 477 g/mol. The van der Waals surface area contributed by atoms with E-state index in [0.717, 1.165) is 24.0 Å². The van der Waals surface area contributed by atoms with Crippen molar-refractivity contribution in [1.82, 2.24) is 25.1 Å². The molecule has 1 aromatic heterocycles. The Labute approximate surface area is 203 Å². The monoisotopic (exact) mass is 476 g/mol. The molecule has 1 aliphatic carbocycles. The molecule has 0 bridgehead atoms. The number of hydrogen-bond donors (Lipinski definition) is 1. The van der Waals surface area contributed by atoms with Crippen LogP contribution in [0.5, 0.6) is 11.5 Å². The molecule has 0 radical (unpaired) electrons. The highest BCUT2D eigenvalue weighted by Crippen LogP contribution is 2.37. The quantitative estimate of drug-likeness (QED) is 0.505. The summed E-state index contributed by atoms with van der Waals surface area (Å²) in [5.74, 6) is 1.45. The third kappa shape index (κ3) is 4.96. The summed E-state index contributed by atoms with van der Waals surface area (Å²) in [5, 5.41) is 15.0. The van der Waals surface area contributed by atoms with Crippen molar-refractivity contribution in [2.24, 2.45) is 5.92 Å². The lowest BCUT2D eigenvalue weighted by atomic mass is 10.1. The minimum absolute atomic E-state index is 0.0111. The first-order chi connectivity index (χ1) is 17.1. The third-order valence-electron chi connectivity index (χ3n) is 6.48. The van der Waals surface area contributed by atoms with Crippen LogP contribution in [-0.2, 0) is 16.0 Å². The molecule has 3 aromatic rings. The number of methoxy groups -OCH3 is 2. The second-order valence-corrected chi connectivity index (χ2v) is 8.93. The largest absolute Gasteiger partial charge is 0.493 e. The first-order valence-corrected chi connectivity index (χ1v) is 11.7. The normalized spacial score (nSPS) is 17.5. The number of hydrogen-bond acceptors (Lipinski definition) is 7. The number of aromatic nitrogens is 4. The Morgan fingerprint density at radius 3 is 2.71 bits per heavy atom. The lowest BCUT2D eigenvalue weighted by Crippen LogP contribution is -2.30. The van der Waals surface area contributed by atoms with Crippen molar-refractivity contribution in [3.05, 3.63) is 48.0 Å². The van der Waals surface area contributed by atoms with E-state index >= 15 is 0 Å². The van der Waals surface area contributed by atoms with E-state index in [1.54, 1.807) is 19.1 Å². The summed E-state index contributed by atoms with van der Waals surface area (Å²) < 4.78 is 12.5. The molecule has 2 fully saturated rings. The number of nitrogens with one attached hydrogen (secondary N) is 1. The molecule has 35 heavy (non-hydrogen) atoms. The number of rotatable bonds is 9. The zero-order chi connectivity index (χ0) is 24.4. The fourth-order valence-corrected chi connectivity index (χ4v) is 4.39. The number of nitrogens with zero attached hydrogens (tertiary/aromatic N) is 5. The van der Waals surface area contributed by atoms with Crippen LogP contribution in [0.3, 0.4) is 0 Å². The van der Waals surface area contributed by atoms with Gasteiger partial charge in [-0.05, 0) is 59.5 Å². The third-order valence-corrected chi connectivity index (χ3v) is 6.48. The van der Waals surface area contributed by atoms with Gasteiger partial charge >= 0.3 is 0 Å². The number of anilines is 1. The van der Waals surface area contributed by atoms with Crippen LogP contribution in [0.25, 0.3) is 11.4 Å². The zero-order valence-corrected chi connectivity index (χ0v) is 19.8. The van der Waals surface area contributed by atoms with Crippen molar-refractivity contribution < 1.29 is 19.1 Å². The smallest absolute Gasteiger partial charge is 0.229 e. The summed E-state index contributed by atoms with van der Waals surface area (Å²) in [6.45, 7) is 0.939. The minimum atomic E-state index is -0.395. The van der Waals surface area contributed by atoms with E-state index in [1.807, 2.05) is 47.1 Å². The number of tetrazole rings is 1. The Hall–Kier alpha value is -3.95. The van der Waals surface area contributed by atoms with Gasteiger partial charge in [0.15, 0.2) is 17.3 Å². The van der Waals surface area contributed by atoms with Crippen molar-refractivity contribution in [1.29, 1.82) is 0 Å². The summed E-state index contributed by atoms with van der Waals surface area (Å²) in [4.78, 5) is 27.3. The second kappa shape index (κ2) is 9.73. The van der Waals surface area contributed by atoms with Crippen molar-refractivity contribution in [2.75, 3.05) is 32.6 Å². The Morgan fingerprint density at radius 2 is 1.94 bits per heavy atom. The molecular formula is C25H28N6O4. The molecule has 2 aliphatic rings. The predicted octanol–water partition coefficient (Wildman–Crippen LogP) is 2.72. The molecule has 2 amide bonds. The molecule has 1 unspecified atom stereocenters. The molecule has 2 heterocycles. The zero-order valence-electron chi connectivity index (χ0n) is 19.8. The van der Waals surface area contributed by atoms with Crippen molar-refractivity contribution in [2.45, 2.75) is 31.7 Å². The first kappa shape index (κ1) is 22.8. The highest BCUT2D eigenvalue weighted by molar-refractivity contribution is 5.97. The fraction of sp³-hybridized carbons (Fsp3) is 0.400. The number of benzene rings is 2. The van der Waals surface area contributed by atoms with E-state index in [1.165, 1.54) is 0 Å². The van der Waals surface area contributed by atoms with Crippen molar-refractivity contribution >= 4 is 17.5 Å². The maximum atomic E-state index is 13.0. The van der Waals surface area contributed by atoms with Crippen molar-refractivity contribution in [3.63, 3.8) is 0 Å². The topological polar surface area (TPSA) is 111 Å². The number of carbonyl (C=O) groups is 2. The lowest BCUT2D eigenvalue weighted by Gasteiger charge is -2.17. The van der Waals surface area contributed by atoms with Crippen LogP contribution in [0.4, 0.5) is 5.69 Å². The predicted molar refractivity (Wildman–Crippen MR) is 128 cm³/mol. The fourth-order valence-electron chi connectivity index (χ4n) is 4.39. The molecule has 1 saturated heterocycles. The summed E-state index contributed by atoms with van der Waals surface area (Å²) >= 11 is 0. The Balaban J connectivity index is 1.19. The van der Waals surface area contributed by atoms with Gasteiger partial charge in [-0.1, -0.05) is 18.2 Å². The highest BCUT2D eigenvalue weighted by atomic mass is 16.5. The van der Waals surface area contributed by atoms with Gasteiger partial charge in [0.1, 0.15) is 0 Å². The van der Waals surface area contributed by atoms with Gasteiger partial charge in [0.25, 0.3) is 0 Å². The molecular weight excluding hydrogens is 448 g/mol. The summed E-state index contributed by atoms with van der Waals surface area (Å²) in [6.07, 6.45) is 3.02. The van der Waals surface area contributed by atoms with Crippen LogP contribution < -0.4 is 14.8 Å². The van der Waals surface area contributed by atoms with E-state index in [2.05, 4.69) is 20.8 Å². The van der Waals surface area contributed by atoms with Crippen LogP contribution in [0.15, 0.2) is 42.5 Å². The van der Waals surface area contributed by atoms with E-state index in [-0.39, 0.29) is 18.2 Å². The first-order valence-electron chi connectivity index (χ1n) is 11.7. The van der Waals surface area contributed by atoms with Crippen LogP contribution in [0, 0.1) is 5.92 Å². The molecule has 0 spiro atoms. The summed E-state index contributed by atoms with van der Waals surface area (Å²) in [7, 11) is 3.19. The van der Waals surface area contributed by atoms with Crippen LogP contribution in [0.1, 0.15) is 30.9 Å².